The molecule has 5 N–H and O–H groups in total. The van der Waals surface area contributed by atoms with Crippen LogP contribution in [0.4, 0.5) is 0 Å². The average molecular weight is 712 g/mol. The molecule has 0 saturated carbocycles. The fourth-order valence-corrected chi connectivity index (χ4v) is 7.83. The number of phenolic OH excluding ortho intramolecular Hbond substituents is 5. The molecule has 11 nitrogen and oxygen atoms in total. The Kier molecular flexibility index (Phi) is 6.81. The van der Waals surface area contributed by atoms with Crippen LogP contribution in [0, 0.1) is 0 Å². The molecular weight excluding hydrogens is 681 g/mol. The van der Waals surface area contributed by atoms with Gasteiger partial charge in [-0.05, 0) is 63.5 Å². The Bertz CT molecular complexity index is 2750. The lowest BCUT2D eigenvalue weighted by atomic mass is 9.78. The maximum atomic E-state index is 10.9. The number of benzene rings is 5. The summed E-state index contributed by atoms with van der Waals surface area (Å²) in [6.07, 6.45) is 0. The fourth-order valence-electron chi connectivity index (χ4n) is 6.62. The average Bonchev–Trinajstić information content (AvgIpc) is 3.77. The number of hydrogen-bond acceptors (Lipinski definition) is 12. The van der Waals surface area contributed by atoms with E-state index in [4.69, 9.17) is 18.7 Å². The van der Waals surface area contributed by atoms with Gasteiger partial charge in [-0.25, -0.2) is 15.0 Å². The highest BCUT2D eigenvalue weighted by Gasteiger charge is 2.51. The van der Waals surface area contributed by atoms with Crippen LogP contribution in [0.5, 0.6) is 28.7 Å². The molecule has 0 atom stereocenters. The van der Waals surface area contributed by atoms with E-state index < -0.39 is 52.6 Å². The Hall–Kier alpha value is -5.89. The molecule has 1 fully saturated rings. The number of aromatic hydroxyl groups is 5. The van der Waals surface area contributed by atoms with E-state index in [2.05, 4.69) is 9.97 Å². The maximum Gasteiger partial charge on any atom is 0.494 e. The molecule has 0 spiro atoms. The number of furan rings is 1. The van der Waals surface area contributed by atoms with E-state index >= 15 is 0 Å². The van der Waals surface area contributed by atoms with Gasteiger partial charge in [0.25, 0.3) is 0 Å². The Balaban J connectivity index is 1.22. The van der Waals surface area contributed by atoms with Crippen LogP contribution in [0.15, 0.2) is 83.3 Å². The molecule has 0 unspecified atom stereocenters. The molecule has 0 amide bonds. The predicted octanol–water partition coefficient (Wildman–Crippen LogP) is 7.97. The van der Waals surface area contributed by atoms with Crippen molar-refractivity contribution >= 4 is 66.0 Å². The number of hydrogen-bond donors (Lipinski definition) is 5. The first-order chi connectivity index (χ1) is 24.8. The summed E-state index contributed by atoms with van der Waals surface area (Å²) in [6, 6.07) is 25.1. The fraction of sp³-hybridized carbons (Fsp3) is 0.154. The molecule has 1 aliphatic heterocycles. The van der Waals surface area contributed by atoms with Crippen LogP contribution in [-0.2, 0) is 9.31 Å². The van der Waals surface area contributed by atoms with Gasteiger partial charge in [0.1, 0.15) is 16.7 Å². The molecule has 4 heterocycles. The van der Waals surface area contributed by atoms with Gasteiger partial charge in [-0.15, -0.1) is 11.3 Å². The second-order valence-electron chi connectivity index (χ2n) is 13.9. The summed E-state index contributed by atoms with van der Waals surface area (Å²) in [5.41, 5.74) is 1.80. The Labute approximate surface area is 300 Å². The van der Waals surface area contributed by atoms with Crippen molar-refractivity contribution in [3.05, 3.63) is 78.9 Å². The Morgan fingerprint density at radius 1 is 0.577 bits per heavy atom. The normalized spacial score (nSPS) is 15.4. The standard InChI is InChI=1S/C39H30BN3O8S/c1-38(2)39(3,4)51-40(50-38)19-13-15-25-24(17-19)20-14-12-18(16-26(20)49-25)35-41-36(23-10-7-9-22-21-8-5-6-11-27(21)52-34(22)23)43-37(42-35)28-29(44)31(46)33(48)32(47)30(28)45/h5-17,44-48H,1-4H3. The highest BCUT2D eigenvalue weighted by atomic mass is 32.1. The second kappa shape index (κ2) is 11.1. The van der Waals surface area contributed by atoms with Gasteiger partial charge in [0.05, 0.1) is 11.2 Å². The van der Waals surface area contributed by atoms with Crippen molar-refractivity contribution in [1.82, 2.24) is 15.0 Å². The third-order valence-corrected chi connectivity index (χ3v) is 11.4. The van der Waals surface area contributed by atoms with Crippen LogP contribution in [-0.4, -0.2) is 58.8 Å². The zero-order chi connectivity index (χ0) is 36.3. The summed E-state index contributed by atoms with van der Waals surface area (Å²) >= 11 is 1.57. The maximum absolute atomic E-state index is 10.9. The van der Waals surface area contributed by atoms with Crippen LogP contribution in [0.3, 0.4) is 0 Å². The molecule has 1 aliphatic rings. The number of nitrogens with zero attached hydrogens (tertiary/aromatic N) is 3. The molecule has 0 radical (unpaired) electrons. The van der Waals surface area contributed by atoms with Crippen LogP contribution >= 0.6 is 11.3 Å². The zero-order valence-corrected chi connectivity index (χ0v) is 29.1. The molecule has 52 heavy (non-hydrogen) atoms. The second-order valence-corrected chi connectivity index (χ2v) is 14.9. The van der Waals surface area contributed by atoms with E-state index in [0.717, 1.165) is 36.4 Å². The molecule has 5 aromatic carbocycles. The van der Waals surface area contributed by atoms with E-state index in [1.807, 2.05) is 100 Å². The lowest BCUT2D eigenvalue weighted by molar-refractivity contribution is 0.00578. The lowest BCUT2D eigenvalue weighted by Gasteiger charge is -2.32. The summed E-state index contributed by atoms with van der Waals surface area (Å²) in [5.74, 6) is -4.88. The number of fused-ring (bicyclic) bond motifs is 6. The van der Waals surface area contributed by atoms with Gasteiger partial charge in [-0.2, -0.15) is 0 Å². The highest BCUT2D eigenvalue weighted by molar-refractivity contribution is 7.26. The zero-order valence-electron chi connectivity index (χ0n) is 28.3. The van der Waals surface area contributed by atoms with Crippen molar-refractivity contribution < 1.29 is 39.3 Å². The largest absolute Gasteiger partial charge is 0.504 e. The van der Waals surface area contributed by atoms with Crippen molar-refractivity contribution in [3.63, 3.8) is 0 Å². The van der Waals surface area contributed by atoms with Crippen molar-refractivity contribution in [1.29, 1.82) is 0 Å². The third-order valence-electron chi connectivity index (χ3n) is 10.2. The quantitative estimate of drug-likeness (QED) is 0.0681. The third kappa shape index (κ3) is 4.70. The monoisotopic (exact) mass is 711 g/mol. The van der Waals surface area contributed by atoms with Gasteiger partial charge in [-0.3, -0.25) is 0 Å². The summed E-state index contributed by atoms with van der Waals surface area (Å²) in [7, 11) is -0.544. The minimum absolute atomic E-state index is 0.157. The topological polar surface area (TPSA) is 171 Å². The van der Waals surface area contributed by atoms with Gasteiger partial charge in [0, 0.05) is 42.1 Å². The van der Waals surface area contributed by atoms with Gasteiger partial charge in [0.2, 0.25) is 17.2 Å². The van der Waals surface area contributed by atoms with E-state index in [9.17, 15) is 25.5 Å². The highest BCUT2D eigenvalue weighted by Crippen LogP contribution is 2.54. The first-order valence-corrected chi connectivity index (χ1v) is 17.3. The van der Waals surface area contributed by atoms with Crippen molar-refractivity contribution in [2.24, 2.45) is 0 Å². The van der Waals surface area contributed by atoms with Crippen LogP contribution in [0.1, 0.15) is 27.7 Å². The Morgan fingerprint density at radius 3 is 1.98 bits per heavy atom. The lowest BCUT2D eigenvalue weighted by Crippen LogP contribution is -2.41. The molecule has 3 aromatic heterocycles. The van der Waals surface area contributed by atoms with Crippen molar-refractivity contribution in [2.45, 2.75) is 38.9 Å². The van der Waals surface area contributed by atoms with Gasteiger partial charge >= 0.3 is 7.12 Å². The number of thiophene rings is 1. The van der Waals surface area contributed by atoms with Gasteiger partial charge in [0.15, 0.2) is 29.0 Å². The minimum Gasteiger partial charge on any atom is -0.504 e. The van der Waals surface area contributed by atoms with Crippen LogP contribution in [0.2, 0.25) is 0 Å². The first kappa shape index (κ1) is 32.1. The molecule has 13 heteroatoms. The number of aromatic nitrogens is 3. The molecule has 258 valence electrons. The summed E-state index contributed by atoms with van der Waals surface area (Å²) in [4.78, 5) is 14.1. The molecule has 0 aliphatic carbocycles. The predicted molar refractivity (Wildman–Crippen MR) is 200 cm³/mol. The summed E-state index contributed by atoms with van der Waals surface area (Å²) < 4.78 is 20.8. The minimum atomic E-state index is -1.08. The molecule has 9 rings (SSSR count). The smallest absolute Gasteiger partial charge is 0.494 e. The van der Waals surface area contributed by atoms with Gasteiger partial charge < -0.3 is 39.3 Å². The molecule has 0 bridgehead atoms. The van der Waals surface area contributed by atoms with E-state index in [1.54, 1.807) is 17.4 Å². The summed E-state index contributed by atoms with van der Waals surface area (Å²) in [6.45, 7) is 8.04. The van der Waals surface area contributed by atoms with Crippen LogP contribution in [0.25, 0.3) is 76.3 Å². The number of rotatable bonds is 4. The van der Waals surface area contributed by atoms with Crippen molar-refractivity contribution in [3.8, 4) is 62.9 Å². The van der Waals surface area contributed by atoms with Gasteiger partial charge in [-0.1, -0.05) is 48.5 Å². The first-order valence-electron chi connectivity index (χ1n) is 16.5. The molecular formula is C39H30BN3O8S. The van der Waals surface area contributed by atoms with Crippen molar-refractivity contribution in [2.75, 3.05) is 0 Å². The molecule has 8 aromatic rings. The SMILES string of the molecule is CC1(C)OB(c2ccc3oc4cc(-c5nc(-c6c(O)c(O)c(O)c(O)c6O)nc(-c6cccc7c6sc6ccccc67)n5)ccc4c3c2)OC1(C)C. The van der Waals surface area contributed by atoms with Crippen LogP contribution < -0.4 is 5.46 Å². The Morgan fingerprint density at radius 2 is 1.23 bits per heavy atom. The van der Waals surface area contributed by atoms with E-state index in [1.165, 1.54) is 0 Å². The van der Waals surface area contributed by atoms with E-state index in [0.29, 0.717) is 22.3 Å². The number of phenols is 5. The summed E-state index contributed by atoms with van der Waals surface area (Å²) in [5, 5.41) is 56.5. The van der Waals surface area contributed by atoms with E-state index in [-0.39, 0.29) is 17.5 Å². The molecule has 1 saturated heterocycles.